The maximum Gasteiger partial charge on any atom is 0.257 e. The first-order valence-electron chi connectivity index (χ1n) is 5.55. The molecule has 2 aromatic rings. The molecule has 0 aliphatic rings. The third kappa shape index (κ3) is 4.12. The number of anilines is 1. The second-order valence-corrected chi connectivity index (χ2v) is 5.70. The van der Waals surface area contributed by atoms with E-state index in [-0.39, 0.29) is 11.0 Å². The van der Waals surface area contributed by atoms with Gasteiger partial charge < -0.3 is 5.32 Å². The number of rotatable bonds is 2. The van der Waals surface area contributed by atoms with Crippen LogP contribution in [0.3, 0.4) is 0 Å². The number of amides is 1. The van der Waals surface area contributed by atoms with Crippen molar-refractivity contribution >= 4 is 63.2 Å². The van der Waals surface area contributed by atoms with Crippen LogP contribution in [0.1, 0.15) is 10.4 Å². The first kappa shape index (κ1) is 15.1. The van der Waals surface area contributed by atoms with E-state index < -0.39 is 0 Å². The highest BCUT2D eigenvalue weighted by atomic mass is 127. The Hall–Kier alpha value is -1.25. The van der Waals surface area contributed by atoms with E-state index in [9.17, 15) is 4.79 Å². The normalized spacial score (nSPS) is 9.90. The Labute approximate surface area is 140 Å². The largest absolute Gasteiger partial charge is 0.316 e. The predicted molar refractivity (Wildman–Crippen MR) is 92.1 cm³/mol. The Kier molecular flexibility index (Phi) is 5.27. The van der Waals surface area contributed by atoms with Gasteiger partial charge in [0.1, 0.15) is 11.0 Å². The standard InChI is InChI=1S/C13H9ClIN3OS/c14-10-7-6-9(15)11(16-10)17-13(20)18-12(19)8-4-2-1-3-5-8/h1-7H,(H2,16,17,18,19,20). The molecule has 0 radical (unpaired) electrons. The van der Waals surface area contributed by atoms with Crippen LogP contribution in [0.4, 0.5) is 5.82 Å². The summed E-state index contributed by atoms with van der Waals surface area (Å²) in [6, 6.07) is 12.3. The second-order valence-electron chi connectivity index (χ2n) is 3.74. The van der Waals surface area contributed by atoms with Crippen LogP contribution < -0.4 is 10.6 Å². The first-order valence-corrected chi connectivity index (χ1v) is 7.42. The fourth-order valence-corrected chi connectivity index (χ4v) is 2.18. The summed E-state index contributed by atoms with van der Waals surface area (Å²) in [5.41, 5.74) is 0.533. The van der Waals surface area contributed by atoms with Gasteiger partial charge in [-0.1, -0.05) is 29.8 Å². The van der Waals surface area contributed by atoms with Crippen molar-refractivity contribution in [3.63, 3.8) is 0 Å². The molecule has 2 rings (SSSR count). The molecule has 2 N–H and O–H groups in total. The van der Waals surface area contributed by atoms with Gasteiger partial charge in [0.15, 0.2) is 5.11 Å². The van der Waals surface area contributed by atoms with Crippen molar-refractivity contribution in [1.82, 2.24) is 10.3 Å². The van der Waals surface area contributed by atoms with Crippen molar-refractivity contribution in [3.05, 3.63) is 56.8 Å². The van der Waals surface area contributed by atoms with E-state index in [0.717, 1.165) is 3.57 Å². The van der Waals surface area contributed by atoms with Gasteiger partial charge in [-0.2, -0.15) is 0 Å². The Balaban J connectivity index is 2.03. The van der Waals surface area contributed by atoms with Crippen LogP contribution in [0.2, 0.25) is 5.15 Å². The minimum Gasteiger partial charge on any atom is -0.316 e. The topological polar surface area (TPSA) is 54.0 Å². The first-order chi connectivity index (χ1) is 9.56. The van der Waals surface area contributed by atoms with Crippen LogP contribution in [0.25, 0.3) is 0 Å². The van der Waals surface area contributed by atoms with Crippen LogP contribution in [-0.2, 0) is 0 Å². The summed E-state index contributed by atoms with van der Waals surface area (Å²) in [6.07, 6.45) is 0. The van der Waals surface area contributed by atoms with Crippen molar-refractivity contribution in [1.29, 1.82) is 0 Å². The van der Waals surface area contributed by atoms with Crippen molar-refractivity contribution < 1.29 is 4.79 Å². The van der Waals surface area contributed by atoms with Gasteiger partial charge in [-0.25, -0.2) is 4.98 Å². The fraction of sp³-hybridized carbons (Fsp3) is 0. The zero-order valence-corrected chi connectivity index (χ0v) is 13.8. The number of nitrogens with one attached hydrogen (secondary N) is 2. The van der Waals surface area contributed by atoms with Crippen LogP contribution in [0, 0.1) is 3.57 Å². The highest BCUT2D eigenvalue weighted by Gasteiger charge is 2.09. The summed E-state index contributed by atoms with van der Waals surface area (Å²) >= 11 is 13.0. The van der Waals surface area contributed by atoms with E-state index >= 15 is 0 Å². The van der Waals surface area contributed by atoms with E-state index in [0.29, 0.717) is 16.5 Å². The van der Waals surface area contributed by atoms with Gasteiger partial charge in [0.2, 0.25) is 0 Å². The molecule has 0 saturated carbocycles. The molecule has 7 heteroatoms. The van der Waals surface area contributed by atoms with Crippen molar-refractivity contribution in [3.8, 4) is 0 Å². The summed E-state index contributed by atoms with van der Waals surface area (Å²) in [4.78, 5) is 16.0. The van der Waals surface area contributed by atoms with Gasteiger partial charge in [-0.15, -0.1) is 0 Å². The molecule has 1 heterocycles. The molecule has 0 bridgehead atoms. The number of pyridine rings is 1. The Morgan fingerprint density at radius 1 is 1.20 bits per heavy atom. The molecule has 0 aliphatic carbocycles. The Morgan fingerprint density at radius 2 is 1.90 bits per heavy atom. The van der Waals surface area contributed by atoms with Crippen molar-refractivity contribution in [2.24, 2.45) is 0 Å². The molecule has 0 fully saturated rings. The fourth-order valence-electron chi connectivity index (χ4n) is 1.41. The lowest BCUT2D eigenvalue weighted by Crippen LogP contribution is -2.34. The summed E-state index contributed by atoms with van der Waals surface area (Å²) in [6.45, 7) is 0. The van der Waals surface area contributed by atoms with E-state index in [1.807, 2.05) is 6.07 Å². The highest BCUT2D eigenvalue weighted by Crippen LogP contribution is 2.18. The van der Waals surface area contributed by atoms with E-state index in [1.165, 1.54) is 0 Å². The summed E-state index contributed by atoms with van der Waals surface area (Å²) in [5, 5.41) is 5.96. The number of aromatic nitrogens is 1. The van der Waals surface area contributed by atoms with Crippen LogP contribution >= 0.6 is 46.4 Å². The maximum absolute atomic E-state index is 11.9. The number of carbonyl (C=O) groups is 1. The summed E-state index contributed by atoms with van der Waals surface area (Å²) < 4.78 is 0.850. The van der Waals surface area contributed by atoms with E-state index in [1.54, 1.807) is 36.4 Å². The van der Waals surface area contributed by atoms with Gasteiger partial charge >= 0.3 is 0 Å². The lowest BCUT2D eigenvalue weighted by atomic mass is 10.2. The quantitative estimate of drug-likeness (QED) is 0.446. The van der Waals surface area contributed by atoms with Gasteiger partial charge in [0.25, 0.3) is 5.91 Å². The molecule has 102 valence electrons. The molecule has 4 nitrogen and oxygen atoms in total. The number of benzene rings is 1. The number of carbonyl (C=O) groups excluding carboxylic acids is 1. The molecular formula is C13H9ClIN3OS. The second kappa shape index (κ2) is 6.96. The molecule has 1 aromatic carbocycles. The molecule has 0 aliphatic heterocycles. The Morgan fingerprint density at radius 3 is 2.60 bits per heavy atom. The van der Waals surface area contributed by atoms with E-state index in [4.69, 9.17) is 23.8 Å². The van der Waals surface area contributed by atoms with Gasteiger partial charge in [0, 0.05) is 5.56 Å². The van der Waals surface area contributed by atoms with Gasteiger partial charge in [0.05, 0.1) is 3.57 Å². The van der Waals surface area contributed by atoms with Crippen LogP contribution in [0.15, 0.2) is 42.5 Å². The molecule has 0 spiro atoms. The highest BCUT2D eigenvalue weighted by molar-refractivity contribution is 14.1. The molecule has 0 atom stereocenters. The van der Waals surface area contributed by atoms with Crippen LogP contribution in [0.5, 0.6) is 0 Å². The van der Waals surface area contributed by atoms with Crippen molar-refractivity contribution in [2.75, 3.05) is 5.32 Å². The average molecular weight is 418 g/mol. The molecular weight excluding hydrogens is 409 g/mol. The summed E-state index contributed by atoms with van der Waals surface area (Å²) in [5.74, 6) is 0.233. The van der Waals surface area contributed by atoms with Gasteiger partial charge in [-0.05, 0) is 59.1 Å². The lowest BCUT2D eigenvalue weighted by molar-refractivity contribution is 0.0978. The minimum atomic E-state index is -0.278. The monoisotopic (exact) mass is 417 g/mol. The summed E-state index contributed by atoms with van der Waals surface area (Å²) in [7, 11) is 0. The minimum absolute atomic E-state index is 0.173. The van der Waals surface area contributed by atoms with Gasteiger partial charge in [-0.3, -0.25) is 10.1 Å². The molecule has 20 heavy (non-hydrogen) atoms. The zero-order chi connectivity index (χ0) is 14.5. The predicted octanol–water partition coefficient (Wildman–Crippen LogP) is 3.47. The molecule has 0 saturated heterocycles. The number of halogens is 2. The third-order valence-corrected chi connectivity index (χ3v) is 3.59. The van der Waals surface area contributed by atoms with Crippen LogP contribution in [-0.4, -0.2) is 16.0 Å². The molecule has 0 unspecified atom stereocenters. The number of hydrogen-bond acceptors (Lipinski definition) is 3. The number of thiocarbonyl (C=S) groups is 1. The SMILES string of the molecule is O=C(NC(=S)Nc1nc(Cl)ccc1I)c1ccccc1. The smallest absolute Gasteiger partial charge is 0.257 e. The third-order valence-electron chi connectivity index (χ3n) is 2.31. The maximum atomic E-state index is 11.9. The average Bonchev–Trinajstić information content (AvgIpc) is 2.43. The van der Waals surface area contributed by atoms with Crippen molar-refractivity contribution in [2.45, 2.75) is 0 Å². The molecule has 1 amide bonds. The number of hydrogen-bond donors (Lipinski definition) is 2. The number of nitrogens with zero attached hydrogens (tertiary/aromatic N) is 1. The zero-order valence-electron chi connectivity index (χ0n) is 10.1. The lowest BCUT2D eigenvalue weighted by Gasteiger charge is -2.10. The van der Waals surface area contributed by atoms with E-state index in [2.05, 4.69) is 38.2 Å². The Bertz CT molecular complexity index is 651. The molecule has 1 aromatic heterocycles.